The van der Waals surface area contributed by atoms with Gasteiger partial charge in [-0.05, 0) is 25.0 Å². The Labute approximate surface area is 152 Å². The first-order chi connectivity index (χ1) is 12.4. The van der Waals surface area contributed by atoms with E-state index in [9.17, 15) is 14.4 Å². The average molecular weight is 363 g/mol. The molecule has 2 aliphatic heterocycles. The molecule has 8 nitrogen and oxygen atoms in total. The summed E-state index contributed by atoms with van der Waals surface area (Å²) in [5.74, 6) is 0.101. The van der Waals surface area contributed by atoms with E-state index in [2.05, 4.69) is 5.32 Å². The summed E-state index contributed by atoms with van der Waals surface area (Å²) < 4.78 is 11.0. The quantitative estimate of drug-likeness (QED) is 0.789. The van der Waals surface area contributed by atoms with Crippen molar-refractivity contribution in [3.8, 4) is 0 Å². The predicted molar refractivity (Wildman–Crippen MR) is 91.8 cm³/mol. The summed E-state index contributed by atoms with van der Waals surface area (Å²) >= 11 is 0. The second-order valence-corrected chi connectivity index (χ2v) is 7.06. The lowest BCUT2D eigenvalue weighted by Gasteiger charge is -2.18. The Hall–Kier alpha value is -2.35. The third kappa shape index (κ3) is 4.24. The van der Waals surface area contributed by atoms with Crippen LogP contribution in [0.4, 0.5) is 0 Å². The highest BCUT2D eigenvalue weighted by molar-refractivity contribution is 5.89. The van der Waals surface area contributed by atoms with E-state index in [1.165, 1.54) is 4.90 Å². The summed E-state index contributed by atoms with van der Waals surface area (Å²) in [6, 6.07) is 3.58. The number of nitrogens with zero attached hydrogens (tertiary/aromatic N) is 2. The Balaban J connectivity index is 1.43. The van der Waals surface area contributed by atoms with Gasteiger partial charge >= 0.3 is 0 Å². The third-order valence-corrected chi connectivity index (χ3v) is 4.84. The van der Waals surface area contributed by atoms with Gasteiger partial charge in [-0.1, -0.05) is 0 Å². The number of likely N-dealkylation sites (tertiary alicyclic amines) is 1. The topological polar surface area (TPSA) is 92.1 Å². The van der Waals surface area contributed by atoms with Gasteiger partial charge in [0.2, 0.25) is 11.8 Å². The highest BCUT2D eigenvalue weighted by Gasteiger charge is 2.36. The molecule has 0 aliphatic carbocycles. The van der Waals surface area contributed by atoms with E-state index in [-0.39, 0.29) is 36.2 Å². The van der Waals surface area contributed by atoms with E-state index in [4.69, 9.17) is 9.15 Å². The van der Waals surface area contributed by atoms with Crippen LogP contribution in [0.5, 0.6) is 0 Å². The summed E-state index contributed by atoms with van der Waals surface area (Å²) in [6.07, 6.45) is 2.58. The monoisotopic (exact) mass is 363 g/mol. The van der Waals surface area contributed by atoms with Crippen molar-refractivity contribution in [2.45, 2.75) is 38.0 Å². The standard InChI is InChI=1S/C18H25N3O5/c1-20(2)18(24)15-6-5-13(26-15)9-19-17(23)12-8-16(22)21(10-12)11-14-4-3-7-25-14/h3-4,7,12-13,15H,5-6,8-11H2,1-2H3,(H,19,23)/t12-,13+,15+/m1/s1. The summed E-state index contributed by atoms with van der Waals surface area (Å²) in [7, 11) is 3.40. The Morgan fingerprint density at radius 1 is 1.35 bits per heavy atom. The minimum atomic E-state index is -0.427. The van der Waals surface area contributed by atoms with Crippen LogP contribution in [0.2, 0.25) is 0 Å². The lowest BCUT2D eigenvalue weighted by molar-refractivity contribution is -0.140. The molecule has 3 atom stereocenters. The van der Waals surface area contributed by atoms with E-state index in [1.807, 2.05) is 6.07 Å². The molecule has 2 saturated heterocycles. The van der Waals surface area contributed by atoms with Crippen molar-refractivity contribution in [3.63, 3.8) is 0 Å². The summed E-state index contributed by atoms with van der Waals surface area (Å²) in [4.78, 5) is 39.5. The molecule has 1 aromatic heterocycles. The first-order valence-corrected chi connectivity index (χ1v) is 8.88. The molecule has 1 aromatic rings. The van der Waals surface area contributed by atoms with Crippen LogP contribution in [0.3, 0.4) is 0 Å². The number of ether oxygens (including phenoxy) is 1. The van der Waals surface area contributed by atoms with Gasteiger partial charge in [-0.15, -0.1) is 0 Å². The average Bonchev–Trinajstić information content (AvgIpc) is 3.34. The van der Waals surface area contributed by atoms with Gasteiger partial charge in [-0.2, -0.15) is 0 Å². The van der Waals surface area contributed by atoms with Crippen molar-refractivity contribution in [1.82, 2.24) is 15.1 Å². The molecule has 0 unspecified atom stereocenters. The van der Waals surface area contributed by atoms with Crippen molar-refractivity contribution < 1.29 is 23.5 Å². The molecule has 3 rings (SSSR count). The first kappa shape index (κ1) is 18.4. The van der Waals surface area contributed by atoms with E-state index in [1.54, 1.807) is 31.3 Å². The molecule has 0 saturated carbocycles. The number of amides is 3. The molecular weight excluding hydrogens is 338 g/mol. The molecule has 2 aliphatic rings. The number of likely N-dealkylation sites (N-methyl/N-ethyl adjacent to an activating group) is 1. The molecule has 1 N–H and O–H groups in total. The second kappa shape index (κ2) is 7.90. The minimum Gasteiger partial charge on any atom is -0.467 e. The number of hydrogen-bond donors (Lipinski definition) is 1. The van der Waals surface area contributed by atoms with Gasteiger partial charge in [0.25, 0.3) is 5.91 Å². The zero-order valence-electron chi connectivity index (χ0n) is 15.1. The SMILES string of the molecule is CN(C)C(=O)[C@@H]1CC[C@@H](CNC(=O)[C@@H]2CC(=O)N(Cc3ccco3)C2)O1. The van der Waals surface area contributed by atoms with Gasteiger partial charge in [0, 0.05) is 33.6 Å². The molecule has 26 heavy (non-hydrogen) atoms. The van der Waals surface area contributed by atoms with Crippen molar-refractivity contribution >= 4 is 17.7 Å². The summed E-state index contributed by atoms with van der Waals surface area (Å²) in [5.41, 5.74) is 0. The lowest BCUT2D eigenvalue weighted by Crippen LogP contribution is -2.39. The highest BCUT2D eigenvalue weighted by atomic mass is 16.5. The molecule has 0 bridgehead atoms. The second-order valence-electron chi connectivity index (χ2n) is 7.06. The summed E-state index contributed by atoms with van der Waals surface area (Å²) in [5, 5.41) is 2.86. The lowest BCUT2D eigenvalue weighted by atomic mass is 10.1. The largest absolute Gasteiger partial charge is 0.467 e. The Bertz CT molecular complexity index is 658. The van der Waals surface area contributed by atoms with Crippen LogP contribution >= 0.6 is 0 Å². The molecular formula is C18H25N3O5. The molecule has 0 spiro atoms. The van der Waals surface area contributed by atoms with E-state index >= 15 is 0 Å². The van der Waals surface area contributed by atoms with Gasteiger partial charge < -0.3 is 24.3 Å². The highest BCUT2D eigenvalue weighted by Crippen LogP contribution is 2.22. The normalized spacial score (nSPS) is 25.5. The zero-order chi connectivity index (χ0) is 18.7. The van der Waals surface area contributed by atoms with Crippen LogP contribution < -0.4 is 5.32 Å². The molecule has 142 valence electrons. The Morgan fingerprint density at radius 3 is 2.85 bits per heavy atom. The zero-order valence-corrected chi connectivity index (χ0v) is 15.1. The molecule has 8 heteroatoms. The van der Waals surface area contributed by atoms with Crippen molar-refractivity contribution in [1.29, 1.82) is 0 Å². The molecule has 2 fully saturated rings. The molecule has 0 radical (unpaired) electrons. The number of nitrogens with one attached hydrogen (secondary N) is 1. The number of hydrogen-bond acceptors (Lipinski definition) is 5. The number of carbonyl (C=O) groups excluding carboxylic acids is 3. The van der Waals surface area contributed by atoms with E-state index in [0.717, 1.165) is 6.42 Å². The molecule has 0 aromatic carbocycles. The Kier molecular flexibility index (Phi) is 5.61. The van der Waals surface area contributed by atoms with Gasteiger partial charge in [0.15, 0.2) is 0 Å². The fourth-order valence-electron chi connectivity index (χ4n) is 3.38. The number of rotatable bonds is 6. The van der Waals surface area contributed by atoms with Crippen LogP contribution in [0.15, 0.2) is 22.8 Å². The first-order valence-electron chi connectivity index (χ1n) is 8.88. The smallest absolute Gasteiger partial charge is 0.251 e. The van der Waals surface area contributed by atoms with Crippen LogP contribution in [-0.2, 0) is 25.7 Å². The minimum absolute atomic E-state index is 0.0460. The van der Waals surface area contributed by atoms with Crippen LogP contribution in [0, 0.1) is 5.92 Å². The van der Waals surface area contributed by atoms with Crippen LogP contribution in [-0.4, -0.2) is 66.9 Å². The van der Waals surface area contributed by atoms with Crippen LogP contribution in [0.25, 0.3) is 0 Å². The molecule has 3 amide bonds. The third-order valence-electron chi connectivity index (χ3n) is 4.84. The van der Waals surface area contributed by atoms with Gasteiger partial charge in [-0.3, -0.25) is 14.4 Å². The Morgan fingerprint density at radius 2 is 2.15 bits per heavy atom. The van der Waals surface area contributed by atoms with Crippen molar-refractivity contribution in [3.05, 3.63) is 24.2 Å². The van der Waals surface area contributed by atoms with E-state index in [0.29, 0.717) is 31.8 Å². The van der Waals surface area contributed by atoms with Gasteiger partial charge in [0.05, 0.1) is 24.8 Å². The fraction of sp³-hybridized carbons (Fsp3) is 0.611. The van der Waals surface area contributed by atoms with Crippen molar-refractivity contribution in [2.24, 2.45) is 5.92 Å². The van der Waals surface area contributed by atoms with E-state index < -0.39 is 6.10 Å². The number of furan rings is 1. The van der Waals surface area contributed by atoms with Gasteiger partial charge in [0.1, 0.15) is 11.9 Å². The summed E-state index contributed by atoms with van der Waals surface area (Å²) in [6.45, 7) is 1.13. The maximum absolute atomic E-state index is 12.4. The van der Waals surface area contributed by atoms with Gasteiger partial charge in [-0.25, -0.2) is 0 Å². The maximum atomic E-state index is 12.4. The fourth-order valence-corrected chi connectivity index (χ4v) is 3.38. The molecule has 3 heterocycles. The van der Waals surface area contributed by atoms with Crippen molar-refractivity contribution in [2.75, 3.05) is 27.2 Å². The number of carbonyl (C=O) groups is 3. The maximum Gasteiger partial charge on any atom is 0.251 e. The predicted octanol–water partition coefficient (Wildman–Crippen LogP) is 0.380. The van der Waals surface area contributed by atoms with Crippen LogP contribution in [0.1, 0.15) is 25.0 Å².